The molecule has 2 N–H and O–H groups in total. The summed E-state index contributed by atoms with van der Waals surface area (Å²) in [4.78, 5) is 50.9. The molecule has 19 heteroatoms. The summed E-state index contributed by atoms with van der Waals surface area (Å²) < 4.78 is 84.9. The van der Waals surface area contributed by atoms with Crippen LogP contribution in [0.5, 0.6) is 0 Å². The quantitative estimate of drug-likeness (QED) is 0.0475. The molecule has 0 saturated carbocycles. The standard InChI is InChI=1S/C61H71NO18/c1-38-51(70-32-44-23-13-7-14-24-44)56(57(59(67)74-38)80-60-50(62-39(2)63)54(76-42(5)66)53(75-41(4)65)49(77-60)37-69-40(3)64)79-61-58(73-35-47-29-19-10-20-30-47)55(72-34-46-27-17-9-18-28-46)52(71-33-45-25-15-8-16-26-45)48(78-61)36-68-31-43-21-11-6-12-22-43/h6-30,38,48-61,67H,31-37H2,1-5H3,(H,62,63)/t38?,48-,49?,50?,51-,52+,53-,54+,55?,56-,57?,58?,59+,60-,61+/m0/s1. The number of hydrogen-bond acceptors (Lipinski definition) is 18. The lowest BCUT2D eigenvalue weighted by Gasteiger charge is -2.51. The van der Waals surface area contributed by atoms with Crippen molar-refractivity contribution >= 4 is 23.8 Å². The first-order chi connectivity index (χ1) is 38.8. The third kappa shape index (κ3) is 17.0. The van der Waals surface area contributed by atoms with Gasteiger partial charge >= 0.3 is 17.9 Å². The van der Waals surface area contributed by atoms with E-state index < -0.39 is 122 Å². The van der Waals surface area contributed by atoms with Gasteiger partial charge in [-0.05, 0) is 34.7 Å². The molecule has 3 heterocycles. The summed E-state index contributed by atoms with van der Waals surface area (Å²) in [5.41, 5.74) is 4.33. The highest BCUT2D eigenvalue weighted by molar-refractivity contribution is 5.73. The fraction of sp³-hybridized carbons (Fsp3) is 0.443. The van der Waals surface area contributed by atoms with Crippen LogP contribution in [0.15, 0.2) is 152 Å². The molecule has 0 radical (unpaired) electrons. The fourth-order valence-electron chi connectivity index (χ4n) is 9.86. The normalized spacial score (nSPS) is 28.5. The zero-order valence-electron chi connectivity index (χ0n) is 45.4. The maximum absolute atomic E-state index is 13.1. The van der Waals surface area contributed by atoms with E-state index in [1.807, 2.05) is 152 Å². The van der Waals surface area contributed by atoms with Gasteiger partial charge < -0.3 is 72.0 Å². The van der Waals surface area contributed by atoms with Gasteiger partial charge in [0.05, 0.1) is 45.7 Å². The molecule has 1 amide bonds. The molecular weight excluding hydrogens is 1030 g/mol. The highest BCUT2D eigenvalue weighted by atomic mass is 16.8. The summed E-state index contributed by atoms with van der Waals surface area (Å²) in [6.45, 7) is 6.51. The summed E-state index contributed by atoms with van der Waals surface area (Å²) in [7, 11) is 0. The molecule has 0 spiro atoms. The van der Waals surface area contributed by atoms with Crippen LogP contribution in [0.3, 0.4) is 0 Å². The van der Waals surface area contributed by atoms with Crippen molar-refractivity contribution in [2.45, 2.75) is 160 Å². The van der Waals surface area contributed by atoms with Gasteiger partial charge in [-0.25, -0.2) is 0 Å². The van der Waals surface area contributed by atoms with Crippen LogP contribution in [0.2, 0.25) is 0 Å². The number of aliphatic hydroxyl groups is 1. The van der Waals surface area contributed by atoms with Gasteiger partial charge in [0.2, 0.25) is 5.91 Å². The number of nitrogens with one attached hydrogen (secondary N) is 1. The molecule has 8 rings (SSSR count). The van der Waals surface area contributed by atoms with Crippen molar-refractivity contribution in [1.82, 2.24) is 5.32 Å². The highest BCUT2D eigenvalue weighted by Gasteiger charge is 2.57. The first-order valence-electron chi connectivity index (χ1n) is 26.7. The van der Waals surface area contributed by atoms with Gasteiger partial charge in [-0.1, -0.05) is 152 Å². The molecule has 5 aromatic rings. The molecule has 80 heavy (non-hydrogen) atoms. The van der Waals surface area contributed by atoms with Crippen molar-refractivity contribution in [3.63, 3.8) is 0 Å². The largest absolute Gasteiger partial charge is 0.463 e. The summed E-state index contributed by atoms with van der Waals surface area (Å²) >= 11 is 0. The minimum absolute atomic E-state index is 0.00937. The summed E-state index contributed by atoms with van der Waals surface area (Å²) in [6, 6.07) is 46.6. The Kier molecular flexibility index (Phi) is 22.3. The molecular formula is C61H71NO18. The molecule has 428 valence electrons. The third-order valence-electron chi connectivity index (χ3n) is 13.5. The SMILES string of the molecule is CC(=O)NC1[C@H](OC2[C@H](O)OC(C)[C@H](OCc3ccccc3)[C@@H]2O[C@H]2O[C@@H](COCc3ccccc3)[C@@H](OCc3ccccc3)C(OCc3ccccc3)C2OCc2ccccc2)OC(COC(C)=O)[C@H](OC(C)=O)[C@@H]1OC(C)=O. The molecule has 0 aliphatic carbocycles. The summed E-state index contributed by atoms with van der Waals surface area (Å²) in [5, 5.41) is 15.0. The van der Waals surface area contributed by atoms with Gasteiger partial charge in [-0.15, -0.1) is 0 Å². The Hall–Kier alpha value is -6.46. The molecule has 3 saturated heterocycles. The summed E-state index contributed by atoms with van der Waals surface area (Å²) in [5.74, 6) is -2.92. The summed E-state index contributed by atoms with van der Waals surface area (Å²) in [6.07, 6.45) is -17.8. The Bertz CT molecular complexity index is 2670. The molecule has 5 aromatic carbocycles. The van der Waals surface area contributed by atoms with Crippen molar-refractivity contribution < 1.29 is 85.9 Å². The van der Waals surface area contributed by atoms with Crippen LogP contribution in [0.1, 0.15) is 62.4 Å². The lowest BCUT2D eigenvalue weighted by Crippen LogP contribution is -2.69. The van der Waals surface area contributed by atoms with Crippen LogP contribution >= 0.6 is 0 Å². The first-order valence-corrected chi connectivity index (χ1v) is 26.7. The van der Waals surface area contributed by atoms with Crippen LogP contribution in [-0.4, -0.2) is 134 Å². The average Bonchev–Trinajstić information content (AvgIpc) is 3.46. The Balaban J connectivity index is 1.23. The van der Waals surface area contributed by atoms with E-state index in [0.29, 0.717) is 0 Å². The topological polar surface area (TPSA) is 221 Å². The van der Waals surface area contributed by atoms with Gasteiger partial charge in [0, 0.05) is 27.7 Å². The number of esters is 3. The van der Waals surface area contributed by atoms with Crippen molar-refractivity contribution in [3.05, 3.63) is 179 Å². The van der Waals surface area contributed by atoms with Gasteiger partial charge in [0.25, 0.3) is 0 Å². The second-order valence-electron chi connectivity index (χ2n) is 19.7. The van der Waals surface area contributed by atoms with Crippen molar-refractivity contribution in [1.29, 1.82) is 0 Å². The van der Waals surface area contributed by atoms with Crippen LogP contribution in [0.4, 0.5) is 0 Å². The number of carbonyl (C=O) groups excluding carboxylic acids is 4. The molecule has 0 aromatic heterocycles. The van der Waals surface area contributed by atoms with E-state index in [9.17, 15) is 24.3 Å². The van der Waals surface area contributed by atoms with Gasteiger partial charge in [0.1, 0.15) is 61.5 Å². The second-order valence-corrected chi connectivity index (χ2v) is 19.7. The maximum Gasteiger partial charge on any atom is 0.303 e. The Morgan fingerprint density at radius 3 is 1.32 bits per heavy atom. The maximum atomic E-state index is 13.1. The Morgan fingerprint density at radius 1 is 0.438 bits per heavy atom. The average molecular weight is 1110 g/mol. The molecule has 3 aliphatic rings. The van der Waals surface area contributed by atoms with E-state index >= 15 is 0 Å². The fourth-order valence-corrected chi connectivity index (χ4v) is 9.86. The zero-order chi connectivity index (χ0) is 56.4. The number of carbonyl (C=O) groups is 4. The number of benzene rings is 5. The van der Waals surface area contributed by atoms with E-state index in [4.69, 9.17) is 61.6 Å². The Labute approximate surface area is 465 Å². The number of amides is 1. The number of hydrogen-bond donors (Lipinski definition) is 2. The molecule has 15 atom stereocenters. The molecule has 19 nitrogen and oxygen atoms in total. The van der Waals surface area contributed by atoms with E-state index in [-0.39, 0.29) is 39.6 Å². The van der Waals surface area contributed by atoms with E-state index in [1.54, 1.807) is 6.92 Å². The predicted octanol–water partition coefficient (Wildman–Crippen LogP) is 6.43. The minimum atomic E-state index is -1.80. The van der Waals surface area contributed by atoms with E-state index in [0.717, 1.165) is 41.7 Å². The lowest BCUT2D eigenvalue weighted by atomic mass is 9.94. The zero-order valence-corrected chi connectivity index (χ0v) is 45.4. The van der Waals surface area contributed by atoms with Gasteiger partial charge in [-0.3, -0.25) is 19.2 Å². The van der Waals surface area contributed by atoms with Crippen molar-refractivity contribution in [2.24, 2.45) is 0 Å². The Morgan fingerprint density at radius 2 is 0.850 bits per heavy atom. The highest BCUT2D eigenvalue weighted by Crippen LogP contribution is 2.38. The number of aliphatic hydroxyl groups excluding tert-OH is 1. The van der Waals surface area contributed by atoms with E-state index in [2.05, 4.69) is 5.32 Å². The van der Waals surface area contributed by atoms with Gasteiger partial charge in [-0.2, -0.15) is 0 Å². The van der Waals surface area contributed by atoms with Crippen LogP contribution in [0, 0.1) is 0 Å². The molecule has 6 unspecified atom stereocenters. The molecule has 3 fully saturated rings. The van der Waals surface area contributed by atoms with E-state index in [1.165, 1.54) is 13.8 Å². The smallest absolute Gasteiger partial charge is 0.303 e. The minimum Gasteiger partial charge on any atom is -0.463 e. The second kappa shape index (κ2) is 29.8. The number of rotatable bonds is 25. The third-order valence-corrected chi connectivity index (χ3v) is 13.5. The molecule has 3 aliphatic heterocycles. The lowest BCUT2D eigenvalue weighted by molar-refractivity contribution is -0.388. The van der Waals surface area contributed by atoms with Gasteiger partial charge in [0.15, 0.2) is 31.1 Å². The van der Waals surface area contributed by atoms with Crippen LogP contribution in [-0.2, 0) is 114 Å². The predicted molar refractivity (Wildman–Crippen MR) is 285 cm³/mol. The van der Waals surface area contributed by atoms with Crippen molar-refractivity contribution in [2.75, 3.05) is 13.2 Å². The van der Waals surface area contributed by atoms with Crippen molar-refractivity contribution in [3.8, 4) is 0 Å². The molecule has 0 bridgehead atoms. The van der Waals surface area contributed by atoms with Crippen LogP contribution in [0.25, 0.3) is 0 Å². The van der Waals surface area contributed by atoms with Crippen LogP contribution < -0.4 is 5.32 Å². The number of ether oxygens (including phenoxy) is 13. The monoisotopic (exact) mass is 1110 g/mol. The first kappa shape index (κ1) is 59.7.